The second-order valence-electron chi connectivity index (χ2n) is 5.33. The molecule has 1 aromatic heterocycles. The molecule has 3 N–H and O–H groups in total. The largest absolute Gasteiger partial charge is 0.507 e. The molecule has 2 aromatic rings. The Hall–Kier alpha value is -3.10. The Labute approximate surface area is 139 Å². The maximum Gasteiger partial charge on any atom is 0.417 e. The number of carbonyl (C=O) groups excluding carboxylic acids is 1. The van der Waals surface area contributed by atoms with Crippen LogP contribution in [0.2, 0.25) is 0 Å². The molecule has 132 valence electrons. The van der Waals surface area contributed by atoms with Crippen LogP contribution in [0.25, 0.3) is 0 Å². The summed E-state index contributed by atoms with van der Waals surface area (Å²) in [6.07, 6.45) is -3.96. The number of phenols is 1. The summed E-state index contributed by atoms with van der Waals surface area (Å²) < 4.78 is 37.9. The van der Waals surface area contributed by atoms with E-state index in [1.807, 2.05) is 0 Å². The fourth-order valence-corrected chi connectivity index (χ4v) is 2.14. The van der Waals surface area contributed by atoms with Gasteiger partial charge in [-0.3, -0.25) is 4.79 Å². The number of carboxylic acids is 1. The van der Waals surface area contributed by atoms with Gasteiger partial charge in [0.25, 0.3) is 5.91 Å². The summed E-state index contributed by atoms with van der Waals surface area (Å²) in [7, 11) is 0. The zero-order chi connectivity index (χ0) is 18.9. The van der Waals surface area contributed by atoms with Crippen LogP contribution in [-0.4, -0.2) is 27.1 Å². The van der Waals surface area contributed by atoms with Crippen LogP contribution >= 0.6 is 0 Å². The Kier molecular flexibility index (Phi) is 4.69. The minimum atomic E-state index is -4.55. The second-order valence-corrected chi connectivity index (χ2v) is 5.33. The third-order valence-corrected chi connectivity index (χ3v) is 3.46. The van der Waals surface area contributed by atoms with E-state index < -0.39 is 34.9 Å². The molecule has 0 fully saturated rings. The van der Waals surface area contributed by atoms with Crippen molar-refractivity contribution in [3.63, 3.8) is 0 Å². The zero-order valence-corrected chi connectivity index (χ0v) is 13.1. The van der Waals surface area contributed by atoms with E-state index in [0.717, 1.165) is 18.2 Å². The van der Waals surface area contributed by atoms with Crippen molar-refractivity contribution in [3.8, 4) is 5.75 Å². The molecule has 9 heteroatoms. The van der Waals surface area contributed by atoms with Crippen LogP contribution in [0.1, 0.15) is 37.4 Å². The minimum absolute atomic E-state index is 0.0451. The van der Waals surface area contributed by atoms with Crippen LogP contribution in [0, 0.1) is 13.8 Å². The molecular formula is C16H13F3N2O4. The molecule has 0 aliphatic rings. The Morgan fingerprint density at radius 2 is 1.72 bits per heavy atom. The van der Waals surface area contributed by atoms with Crippen LogP contribution in [0.3, 0.4) is 0 Å². The average molecular weight is 354 g/mol. The number of hydrogen-bond acceptors (Lipinski definition) is 4. The number of benzene rings is 1. The Morgan fingerprint density at radius 3 is 2.24 bits per heavy atom. The van der Waals surface area contributed by atoms with Crippen molar-refractivity contribution in [3.05, 3.63) is 52.2 Å². The Morgan fingerprint density at radius 1 is 1.08 bits per heavy atom. The van der Waals surface area contributed by atoms with E-state index in [1.54, 1.807) is 0 Å². The normalized spacial score (nSPS) is 11.2. The number of carboxylic acid groups (broad SMARTS) is 1. The summed E-state index contributed by atoms with van der Waals surface area (Å²) in [6, 6.07) is 2.95. The van der Waals surface area contributed by atoms with Gasteiger partial charge in [0.1, 0.15) is 17.1 Å². The molecule has 0 spiro atoms. The van der Waals surface area contributed by atoms with Gasteiger partial charge in [0.05, 0.1) is 5.56 Å². The lowest BCUT2D eigenvalue weighted by molar-refractivity contribution is -0.137. The highest BCUT2D eigenvalue weighted by atomic mass is 19.4. The quantitative estimate of drug-likeness (QED) is 0.785. The maximum atomic E-state index is 12.6. The molecule has 0 bridgehead atoms. The lowest BCUT2D eigenvalue weighted by Gasteiger charge is -2.12. The Balaban J connectivity index is 2.35. The number of nitrogens with zero attached hydrogens (tertiary/aromatic N) is 1. The molecule has 6 nitrogen and oxygen atoms in total. The number of anilines is 1. The van der Waals surface area contributed by atoms with Crippen LogP contribution in [0.5, 0.6) is 5.75 Å². The fraction of sp³-hybridized carbons (Fsp3) is 0.188. The number of hydrogen-bond donors (Lipinski definition) is 3. The molecule has 0 atom stereocenters. The van der Waals surface area contributed by atoms with E-state index in [-0.39, 0.29) is 16.9 Å². The van der Waals surface area contributed by atoms with E-state index in [9.17, 15) is 27.9 Å². The van der Waals surface area contributed by atoms with Gasteiger partial charge in [-0.1, -0.05) is 0 Å². The Bertz CT molecular complexity index is 863. The van der Waals surface area contributed by atoms with Gasteiger partial charge in [-0.25, -0.2) is 9.78 Å². The molecular weight excluding hydrogens is 341 g/mol. The molecule has 2 rings (SSSR count). The molecule has 0 aliphatic carbocycles. The lowest BCUT2D eigenvalue weighted by atomic mass is 10.0. The topological polar surface area (TPSA) is 99.5 Å². The van der Waals surface area contributed by atoms with Crippen molar-refractivity contribution in [1.82, 2.24) is 4.98 Å². The van der Waals surface area contributed by atoms with Crippen molar-refractivity contribution in [2.45, 2.75) is 20.0 Å². The monoisotopic (exact) mass is 354 g/mol. The van der Waals surface area contributed by atoms with Crippen LogP contribution in [-0.2, 0) is 6.18 Å². The van der Waals surface area contributed by atoms with Gasteiger partial charge in [0, 0.05) is 11.8 Å². The number of aromatic nitrogens is 1. The van der Waals surface area contributed by atoms with E-state index in [0.29, 0.717) is 11.8 Å². The smallest absolute Gasteiger partial charge is 0.417 e. The average Bonchev–Trinajstić information content (AvgIpc) is 2.47. The first-order valence-electron chi connectivity index (χ1n) is 6.92. The van der Waals surface area contributed by atoms with Crippen molar-refractivity contribution in [2.75, 3.05) is 5.32 Å². The highest BCUT2D eigenvalue weighted by Gasteiger charge is 2.31. The minimum Gasteiger partial charge on any atom is -0.507 e. The molecule has 0 saturated carbocycles. The summed E-state index contributed by atoms with van der Waals surface area (Å²) in [4.78, 5) is 26.9. The van der Waals surface area contributed by atoms with E-state index in [2.05, 4.69) is 10.3 Å². The van der Waals surface area contributed by atoms with Gasteiger partial charge in [0.2, 0.25) is 0 Å². The summed E-state index contributed by atoms with van der Waals surface area (Å²) >= 11 is 0. The number of aromatic carboxylic acids is 1. The number of amides is 1. The van der Waals surface area contributed by atoms with Gasteiger partial charge >= 0.3 is 12.1 Å². The SMILES string of the molecule is Cc1cc(O)c(C(=O)O)cc1C(=O)Nc1ncc(C(F)(F)F)cc1C. The van der Waals surface area contributed by atoms with E-state index >= 15 is 0 Å². The number of rotatable bonds is 3. The highest BCUT2D eigenvalue weighted by molar-refractivity contribution is 6.07. The molecule has 25 heavy (non-hydrogen) atoms. The molecule has 0 radical (unpaired) electrons. The predicted molar refractivity (Wildman–Crippen MR) is 81.7 cm³/mol. The highest BCUT2D eigenvalue weighted by Crippen LogP contribution is 2.30. The molecule has 1 amide bonds. The third-order valence-electron chi connectivity index (χ3n) is 3.46. The fourth-order valence-electron chi connectivity index (χ4n) is 2.14. The van der Waals surface area contributed by atoms with Crippen LogP contribution in [0.4, 0.5) is 19.0 Å². The van der Waals surface area contributed by atoms with Crippen molar-refractivity contribution in [2.24, 2.45) is 0 Å². The number of nitrogens with one attached hydrogen (secondary N) is 1. The number of halogens is 3. The molecule has 0 aliphatic heterocycles. The predicted octanol–water partition coefficient (Wildman–Crippen LogP) is 3.37. The van der Waals surface area contributed by atoms with Gasteiger partial charge in [-0.05, 0) is 43.2 Å². The summed E-state index contributed by atoms with van der Waals surface area (Å²) in [5, 5.41) is 20.9. The lowest BCUT2D eigenvalue weighted by Crippen LogP contribution is -2.17. The number of carbonyl (C=O) groups is 2. The molecule has 0 saturated heterocycles. The van der Waals surface area contributed by atoms with E-state index in [4.69, 9.17) is 5.11 Å². The molecule has 1 heterocycles. The zero-order valence-electron chi connectivity index (χ0n) is 13.1. The first-order chi connectivity index (χ1) is 11.5. The van der Waals surface area contributed by atoms with Crippen LogP contribution < -0.4 is 5.32 Å². The summed E-state index contributed by atoms with van der Waals surface area (Å²) in [5.41, 5.74) is -1.07. The first kappa shape index (κ1) is 18.2. The van der Waals surface area contributed by atoms with Crippen molar-refractivity contribution in [1.29, 1.82) is 0 Å². The number of aromatic hydroxyl groups is 1. The molecule has 0 unspecified atom stereocenters. The maximum absolute atomic E-state index is 12.6. The summed E-state index contributed by atoms with van der Waals surface area (Å²) in [5.74, 6) is -2.75. The third kappa shape index (κ3) is 3.87. The first-order valence-corrected chi connectivity index (χ1v) is 6.92. The number of alkyl halides is 3. The van der Waals surface area contributed by atoms with Gasteiger partial charge in [0.15, 0.2) is 0 Å². The standard InChI is InChI=1S/C16H13F3N2O4/c1-7-4-12(22)11(15(24)25)5-10(7)14(23)21-13-8(2)3-9(6-20-13)16(17,18)19/h3-6,22H,1-2H3,(H,24,25)(H,20,21,23). The van der Waals surface area contributed by atoms with Crippen LogP contribution in [0.15, 0.2) is 24.4 Å². The number of aryl methyl sites for hydroxylation is 2. The van der Waals surface area contributed by atoms with Gasteiger partial charge in [-0.15, -0.1) is 0 Å². The van der Waals surface area contributed by atoms with Gasteiger partial charge in [-0.2, -0.15) is 13.2 Å². The van der Waals surface area contributed by atoms with Crippen molar-refractivity contribution >= 4 is 17.7 Å². The summed E-state index contributed by atoms with van der Waals surface area (Å²) in [6.45, 7) is 2.83. The van der Waals surface area contributed by atoms with Crippen molar-refractivity contribution < 1.29 is 33.0 Å². The van der Waals surface area contributed by atoms with Gasteiger partial charge < -0.3 is 15.5 Å². The second kappa shape index (κ2) is 6.42. The van der Waals surface area contributed by atoms with E-state index in [1.165, 1.54) is 13.8 Å². The number of pyridine rings is 1. The molecule has 1 aromatic carbocycles.